The number of aromatic amines is 1. The zero-order valence-corrected chi connectivity index (χ0v) is 16.7. The minimum atomic E-state index is -0.0427. The van der Waals surface area contributed by atoms with Crippen molar-refractivity contribution in [1.82, 2.24) is 24.6 Å². The number of aryl methyl sites for hydroxylation is 1. The molecule has 0 aliphatic heterocycles. The van der Waals surface area contributed by atoms with E-state index < -0.39 is 0 Å². The van der Waals surface area contributed by atoms with Crippen LogP contribution >= 0.6 is 0 Å². The molecule has 0 unspecified atom stereocenters. The first-order valence-corrected chi connectivity index (χ1v) is 9.95. The summed E-state index contributed by atoms with van der Waals surface area (Å²) >= 11 is 0. The standard InChI is InChI=1S/C22H27N5O/c1-15(2)21-23-11-12-27(21)14-17-13-19(25-24-17)22(28)26(3)20-10-6-8-16-7-4-5-9-18(16)20/h4-5,7,9,11-13,15,20H,6,8,10,14H2,1-3H3,(H,24,25)/t20-/m1/s1. The van der Waals surface area contributed by atoms with Gasteiger partial charge in [-0.25, -0.2) is 4.98 Å². The molecule has 0 bridgehead atoms. The molecule has 146 valence electrons. The molecule has 0 saturated carbocycles. The van der Waals surface area contributed by atoms with Gasteiger partial charge < -0.3 is 9.47 Å². The summed E-state index contributed by atoms with van der Waals surface area (Å²) in [6.45, 7) is 4.87. The molecule has 1 N–H and O–H groups in total. The van der Waals surface area contributed by atoms with Gasteiger partial charge in [-0.05, 0) is 36.5 Å². The molecule has 0 radical (unpaired) electrons. The number of carbonyl (C=O) groups is 1. The Kier molecular flexibility index (Phi) is 5.03. The molecule has 1 amide bonds. The van der Waals surface area contributed by atoms with Gasteiger partial charge >= 0.3 is 0 Å². The molecule has 0 fully saturated rings. The Hall–Kier alpha value is -2.89. The van der Waals surface area contributed by atoms with Crippen molar-refractivity contribution >= 4 is 5.91 Å². The number of hydrogen-bond donors (Lipinski definition) is 1. The Morgan fingerprint density at radius 3 is 3.00 bits per heavy atom. The third kappa shape index (κ3) is 3.46. The van der Waals surface area contributed by atoms with Crippen LogP contribution in [0.25, 0.3) is 0 Å². The molecule has 1 aliphatic carbocycles. The van der Waals surface area contributed by atoms with Gasteiger partial charge in [0.25, 0.3) is 5.91 Å². The van der Waals surface area contributed by atoms with Gasteiger partial charge in [0.15, 0.2) is 0 Å². The second-order valence-corrected chi connectivity index (χ2v) is 7.87. The third-order valence-corrected chi connectivity index (χ3v) is 5.58. The van der Waals surface area contributed by atoms with E-state index in [0.717, 1.165) is 30.8 Å². The highest BCUT2D eigenvalue weighted by Crippen LogP contribution is 2.34. The molecule has 3 aromatic rings. The SMILES string of the molecule is CC(C)c1nccn1Cc1cc(C(=O)N(C)[C@@H]2CCCc3ccccc32)n[nH]1. The van der Waals surface area contributed by atoms with E-state index >= 15 is 0 Å². The smallest absolute Gasteiger partial charge is 0.274 e. The van der Waals surface area contributed by atoms with Crippen LogP contribution in [0, 0.1) is 0 Å². The molecular formula is C22H27N5O. The molecule has 1 atom stereocenters. The quantitative estimate of drug-likeness (QED) is 0.733. The summed E-state index contributed by atoms with van der Waals surface area (Å²) in [6, 6.07) is 10.4. The van der Waals surface area contributed by atoms with Gasteiger partial charge in [0.2, 0.25) is 0 Å². The minimum Gasteiger partial charge on any atom is -0.333 e. The van der Waals surface area contributed by atoms with Crippen LogP contribution < -0.4 is 0 Å². The van der Waals surface area contributed by atoms with Crippen molar-refractivity contribution in [3.8, 4) is 0 Å². The van der Waals surface area contributed by atoms with Crippen molar-refractivity contribution in [1.29, 1.82) is 0 Å². The first-order chi connectivity index (χ1) is 13.5. The van der Waals surface area contributed by atoms with Crippen molar-refractivity contribution in [2.24, 2.45) is 0 Å². The monoisotopic (exact) mass is 377 g/mol. The van der Waals surface area contributed by atoms with Gasteiger partial charge in [-0.1, -0.05) is 38.1 Å². The van der Waals surface area contributed by atoms with Crippen LogP contribution in [0.3, 0.4) is 0 Å². The number of aromatic nitrogens is 4. The second kappa shape index (κ2) is 7.62. The third-order valence-electron chi connectivity index (χ3n) is 5.58. The molecule has 2 heterocycles. The first-order valence-electron chi connectivity index (χ1n) is 9.95. The fourth-order valence-electron chi connectivity index (χ4n) is 4.14. The van der Waals surface area contributed by atoms with Crippen LogP contribution in [0.15, 0.2) is 42.7 Å². The van der Waals surface area contributed by atoms with Gasteiger partial charge in [-0.15, -0.1) is 0 Å². The summed E-state index contributed by atoms with van der Waals surface area (Å²) in [6.07, 6.45) is 6.95. The first kappa shape index (κ1) is 18.5. The van der Waals surface area contributed by atoms with E-state index in [4.69, 9.17) is 0 Å². The lowest BCUT2D eigenvalue weighted by atomic mass is 9.87. The van der Waals surface area contributed by atoms with Gasteiger partial charge in [0.05, 0.1) is 18.3 Å². The number of hydrogen-bond acceptors (Lipinski definition) is 3. The van der Waals surface area contributed by atoms with Gasteiger partial charge in [-0.2, -0.15) is 5.10 Å². The average molecular weight is 377 g/mol. The molecule has 4 rings (SSSR count). The Morgan fingerprint density at radius 1 is 1.36 bits per heavy atom. The largest absolute Gasteiger partial charge is 0.333 e. The molecule has 2 aromatic heterocycles. The Morgan fingerprint density at radius 2 is 2.18 bits per heavy atom. The van der Waals surface area contributed by atoms with E-state index in [2.05, 4.69) is 57.9 Å². The normalized spacial score (nSPS) is 16.2. The zero-order chi connectivity index (χ0) is 19.7. The number of nitrogens with zero attached hydrogens (tertiary/aromatic N) is 4. The van der Waals surface area contributed by atoms with Crippen LogP contribution in [0.2, 0.25) is 0 Å². The predicted octanol–water partition coefficient (Wildman–Crippen LogP) is 3.93. The summed E-state index contributed by atoms with van der Waals surface area (Å²) in [4.78, 5) is 19.3. The van der Waals surface area contributed by atoms with Crippen molar-refractivity contribution in [2.75, 3.05) is 7.05 Å². The number of fused-ring (bicyclic) bond motifs is 1. The number of imidazole rings is 1. The lowest BCUT2D eigenvalue weighted by molar-refractivity contribution is 0.0709. The zero-order valence-electron chi connectivity index (χ0n) is 16.7. The molecule has 1 aromatic carbocycles. The van der Waals surface area contributed by atoms with Crippen molar-refractivity contribution in [2.45, 2.75) is 51.6 Å². The van der Waals surface area contributed by atoms with E-state index in [1.165, 1.54) is 11.1 Å². The maximum atomic E-state index is 13.1. The number of benzene rings is 1. The maximum Gasteiger partial charge on any atom is 0.274 e. The molecule has 28 heavy (non-hydrogen) atoms. The summed E-state index contributed by atoms with van der Waals surface area (Å²) in [5.41, 5.74) is 3.98. The van der Waals surface area contributed by atoms with Gasteiger partial charge in [0, 0.05) is 25.4 Å². The summed E-state index contributed by atoms with van der Waals surface area (Å²) in [7, 11) is 1.89. The number of H-pyrrole nitrogens is 1. The van der Waals surface area contributed by atoms with Crippen molar-refractivity contribution in [3.05, 3.63) is 71.1 Å². The van der Waals surface area contributed by atoms with E-state index in [9.17, 15) is 4.79 Å². The topological polar surface area (TPSA) is 66.8 Å². The summed E-state index contributed by atoms with van der Waals surface area (Å²) in [5.74, 6) is 1.33. The maximum absolute atomic E-state index is 13.1. The van der Waals surface area contributed by atoms with Crippen LogP contribution in [-0.2, 0) is 13.0 Å². The van der Waals surface area contributed by atoms with Crippen LogP contribution in [0.5, 0.6) is 0 Å². The molecule has 6 heteroatoms. The second-order valence-electron chi connectivity index (χ2n) is 7.87. The van der Waals surface area contributed by atoms with E-state index in [1.807, 2.05) is 30.4 Å². The van der Waals surface area contributed by atoms with Crippen LogP contribution in [-0.4, -0.2) is 37.6 Å². The van der Waals surface area contributed by atoms with Gasteiger partial charge in [0.1, 0.15) is 11.5 Å². The molecule has 0 saturated heterocycles. The fraction of sp³-hybridized carbons (Fsp3) is 0.409. The molecule has 1 aliphatic rings. The predicted molar refractivity (Wildman–Crippen MR) is 108 cm³/mol. The number of carbonyl (C=O) groups excluding carboxylic acids is 1. The molecule has 0 spiro atoms. The van der Waals surface area contributed by atoms with Crippen molar-refractivity contribution < 1.29 is 4.79 Å². The van der Waals surface area contributed by atoms with E-state index in [-0.39, 0.29) is 11.9 Å². The average Bonchev–Trinajstić information content (AvgIpc) is 3.36. The Bertz CT molecular complexity index is 971. The lowest BCUT2D eigenvalue weighted by Gasteiger charge is -2.32. The number of amides is 1. The number of rotatable bonds is 5. The van der Waals surface area contributed by atoms with Gasteiger partial charge in [-0.3, -0.25) is 9.89 Å². The minimum absolute atomic E-state index is 0.0427. The van der Waals surface area contributed by atoms with E-state index in [0.29, 0.717) is 18.2 Å². The molecular weight excluding hydrogens is 350 g/mol. The fourth-order valence-corrected chi connectivity index (χ4v) is 4.14. The Labute approximate surface area is 165 Å². The Balaban J connectivity index is 1.51. The van der Waals surface area contributed by atoms with E-state index in [1.54, 1.807) is 0 Å². The highest BCUT2D eigenvalue weighted by molar-refractivity contribution is 5.92. The van der Waals surface area contributed by atoms with Crippen LogP contribution in [0.4, 0.5) is 0 Å². The highest BCUT2D eigenvalue weighted by Gasteiger charge is 2.28. The van der Waals surface area contributed by atoms with Crippen molar-refractivity contribution in [3.63, 3.8) is 0 Å². The van der Waals surface area contributed by atoms with Crippen LogP contribution in [0.1, 0.15) is 71.8 Å². The summed E-state index contributed by atoms with van der Waals surface area (Å²) in [5, 5.41) is 7.32. The lowest BCUT2D eigenvalue weighted by Crippen LogP contribution is -2.33. The number of nitrogens with one attached hydrogen (secondary N) is 1. The summed E-state index contributed by atoms with van der Waals surface area (Å²) < 4.78 is 2.09. The highest BCUT2D eigenvalue weighted by atomic mass is 16.2. The molecule has 6 nitrogen and oxygen atoms in total.